The molecule has 278 valence electrons. The predicted molar refractivity (Wildman–Crippen MR) is 200 cm³/mol. The van der Waals surface area contributed by atoms with Crippen molar-refractivity contribution in [3.63, 3.8) is 0 Å². The molecule has 0 saturated carbocycles. The van der Waals surface area contributed by atoms with Crippen LogP contribution in [0.25, 0.3) is 16.7 Å². The molecule has 3 fully saturated rings. The van der Waals surface area contributed by atoms with Crippen LogP contribution in [0.2, 0.25) is 0 Å². The number of anilines is 2. The number of nitrogen functional groups attached to an aromatic ring is 1. The maximum Gasteiger partial charge on any atom is 0.203 e. The van der Waals surface area contributed by atoms with Crippen LogP contribution in [0.15, 0.2) is 24.4 Å². The number of fused-ring (bicyclic) bond motifs is 2. The van der Waals surface area contributed by atoms with Gasteiger partial charge < -0.3 is 49.1 Å². The Morgan fingerprint density at radius 1 is 0.902 bits per heavy atom. The molecule has 3 N–H and O–H groups in total. The third-order valence-corrected chi connectivity index (χ3v) is 11.1. The summed E-state index contributed by atoms with van der Waals surface area (Å²) >= 11 is 0. The number of aromatic nitrogens is 4. The highest BCUT2D eigenvalue weighted by Crippen LogP contribution is 2.40. The Kier molecular flexibility index (Phi) is 10.7. The van der Waals surface area contributed by atoms with Crippen molar-refractivity contribution in [1.82, 2.24) is 28.7 Å². The second kappa shape index (κ2) is 15.3. The van der Waals surface area contributed by atoms with Crippen molar-refractivity contribution in [2.75, 3.05) is 98.0 Å². The fraction of sp³-hybridized carbons (Fsp3) is 0.632. The lowest BCUT2D eigenvalue weighted by atomic mass is 9.86. The molecule has 1 spiro atoms. The molecule has 1 atom stereocenters. The van der Waals surface area contributed by atoms with Crippen molar-refractivity contribution in [3.05, 3.63) is 30.1 Å². The Balaban J connectivity index is 0.861. The third-order valence-electron chi connectivity index (χ3n) is 11.1. The Bertz CT molecular complexity index is 1800. The van der Waals surface area contributed by atoms with E-state index in [0.717, 1.165) is 118 Å². The smallest absolute Gasteiger partial charge is 0.203 e. The molecule has 0 bridgehead atoms. The molecule has 4 aromatic rings. The van der Waals surface area contributed by atoms with E-state index in [-0.39, 0.29) is 5.92 Å². The number of nitrogens with two attached hydrogens (primary N) is 1. The Labute approximate surface area is 301 Å². The number of hydrogen-bond acceptors (Lipinski definition) is 11. The highest BCUT2D eigenvalue weighted by Gasteiger charge is 2.42. The zero-order valence-corrected chi connectivity index (χ0v) is 31.1. The van der Waals surface area contributed by atoms with Gasteiger partial charge in [0.2, 0.25) is 5.95 Å². The molecule has 1 aromatic carbocycles. The quantitative estimate of drug-likeness (QED) is 0.154. The lowest BCUT2D eigenvalue weighted by molar-refractivity contribution is 0.0711. The lowest BCUT2D eigenvalue weighted by Crippen LogP contribution is -2.32. The monoisotopic (exact) mass is 704 g/mol. The van der Waals surface area contributed by atoms with Gasteiger partial charge in [-0.15, -0.1) is 0 Å². The van der Waals surface area contributed by atoms with E-state index in [2.05, 4.69) is 44.6 Å². The SMILES string of the molecule is CNc1nc2cc(OCCCN3CCC4(CCN(CCCOc5cc6nc(N)c(C(C)C)n6cc5OC)C4)C3)c(OC)cc2n1C1CCOCC1. The first-order valence-corrected chi connectivity index (χ1v) is 18.7. The van der Waals surface area contributed by atoms with Crippen molar-refractivity contribution in [3.8, 4) is 23.0 Å². The molecule has 3 aromatic heterocycles. The van der Waals surface area contributed by atoms with Crippen molar-refractivity contribution in [1.29, 1.82) is 0 Å². The van der Waals surface area contributed by atoms with Gasteiger partial charge in [0.05, 0.1) is 50.4 Å². The number of imidazole rings is 2. The fourth-order valence-electron chi connectivity index (χ4n) is 8.50. The van der Waals surface area contributed by atoms with Crippen LogP contribution in [-0.4, -0.2) is 116 Å². The summed E-state index contributed by atoms with van der Waals surface area (Å²) in [6.45, 7) is 13.7. The minimum atomic E-state index is 0.254. The number of rotatable bonds is 15. The van der Waals surface area contributed by atoms with Gasteiger partial charge in [-0.3, -0.25) is 4.40 Å². The van der Waals surface area contributed by atoms with E-state index in [1.165, 1.54) is 12.8 Å². The summed E-state index contributed by atoms with van der Waals surface area (Å²) in [6.07, 6.45) is 8.34. The zero-order chi connectivity index (χ0) is 35.5. The molecule has 7 rings (SSSR count). The highest BCUT2D eigenvalue weighted by atomic mass is 16.5. The normalized spacial score (nSPS) is 20.4. The minimum absolute atomic E-state index is 0.254. The van der Waals surface area contributed by atoms with Crippen LogP contribution in [-0.2, 0) is 4.74 Å². The van der Waals surface area contributed by atoms with Gasteiger partial charge in [-0.25, -0.2) is 9.97 Å². The number of ether oxygens (including phenoxy) is 5. The molecular formula is C38H56N8O5. The number of hydrogen-bond donors (Lipinski definition) is 2. The zero-order valence-electron chi connectivity index (χ0n) is 31.1. The van der Waals surface area contributed by atoms with Gasteiger partial charge in [-0.1, -0.05) is 13.8 Å². The molecule has 51 heavy (non-hydrogen) atoms. The van der Waals surface area contributed by atoms with Gasteiger partial charge in [-0.2, -0.15) is 0 Å². The largest absolute Gasteiger partial charge is 0.493 e. The highest BCUT2D eigenvalue weighted by molar-refractivity contribution is 5.83. The van der Waals surface area contributed by atoms with E-state index < -0.39 is 0 Å². The Hall–Kier alpha value is -3.94. The molecule has 3 aliphatic rings. The molecular weight excluding hydrogens is 648 g/mol. The number of benzene rings is 1. The van der Waals surface area contributed by atoms with Crippen LogP contribution in [0.1, 0.15) is 70.0 Å². The minimum Gasteiger partial charge on any atom is -0.493 e. The summed E-state index contributed by atoms with van der Waals surface area (Å²) in [4.78, 5) is 14.7. The van der Waals surface area contributed by atoms with Gasteiger partial charge >= 0.3 is 0 Å². The van der Waals surface area contributed by atoms with E-state index in [9.17, 15) is 0 Å². The van der Waals surface area contributed by atoms with Crippen molar-refractivity contribution in [2.24, 2.45) is 5.41 Å². The van der Waals surface area contributed by atoms with Crippen molar-refractivity contribution in [2.45, 2.75) is 64.3 Å². The summed E-state index contributed by atoms with van der Waals surface area (Å²) in [7, 11) is 5.31. The van der Waals surface area contributed by atoms with Crippen LogP contribution in [0.3, 0.4) is 0 Å². The van der Waals surface area contributed by atoms with Crippen LogP contribution in [0.4, 0.5) is 11.8 Å². The summed E-state index contributed by atoms with van der Waals surface area (Å²) in [6, 6.07) is 6.39. The van der Waals surface area contributed by atoms with E-state index in [0.29, 0.717) is 42.0 Å². The molecule has 13 heteroatoms. The second-order valence-corrected chi connectivity index (χ2v) is 14.8. The van der Waals surface area contributed by atoms with Crippen molar-refractivity contribution < 1.29 is 23.7 Å². The molecule has 0 amide bonds. The first-order valence-electron chi connectivity index (χ1n) is 18.7. The number of nitrogens with one attached hydrogen (secondary N) is 1. The van der Waals surface area contributed by atoms with Crippen LogP contribution in [0, 0.1) is 5.41 Å². The number of pyridine rings is 1. The van der Waals surface area contributed by atoms with E-state index in [4.69, 9.17) is 34.4 Å². The number of likely N-dealkylation sites (tertiary alicyclic amines) is 2. The number of methoxy groups -OCH3 is 2. The molecule has 3 saturated heterocycles. The second-order valence-electron chi connectivity index (χ2n) is 14.8. The standard InChI is InChI=1S/C38H56N8O5/c1-26(2)35-36(39)42-34-22-32(33(48-5)23-45(34)35)51-17-7-13-44-15-11-38(25-44)10-14-43(24-38)12-6-16-50-31-20-28-29(21-30(31)47-4)46(37(40-3)41-28)27-8-18-49-19-9-27/h20-23,26-27H,6-19,24-25,39H2,1-5H3,(H,40,41). The van der Waals surface area contributed by atoms with Gasteiger partial charge in [-0.05, 0) is 62.9 Å². The summed E-state index contributed by atoms with van der Waals surface area (Å²) < 4.78 is 33.9. The fourth-order valence-corrected chi connectivity index (χ4v) is 8.50. The molecule has 6 heterocycles. The summed E-state index contributed by atoms with van der Waals surface area (Å²) in [5, 5.41) is 3.28. The van der Waals surface area contributed by atoms with Crippen LogP contribution >= 0.6 is 0 Å². The van der Waals surface area contributed by atoms with Gasteiger partial charge in [0.1, 0.15) is 11.5 Å². The predicted octanol–water partition coefficient (Wildman–Crippen LogP) is 5.44. The molecule has 13 nitrogen and oxygen atoms in total. The van der Waals surface area contributed by atoms with Crippen molar-refractivity contribution >= 4 is 28.4 Å². The van der Waals surface area contributed by atoms with Gasteiger partial charge in [0, 0.05) is 70.7 Å². The van der Waals surface area contributed by atoms with Crippen LogP contribution < -0.4 is 30.0 Å². The Morgan fingerprint density at radius 3 is 2.16 bits per heavy atom. The molecule has 0 aliphatic carbocycles. The molecule has 0 radical (unpaired) electrons. The topological polar surface area (TPSA) is 126 Å². The maximum atomic E-state index is 6.32. The van der Waals surface area contributed by atoms with E-state index >= 15 is 0 Å². The molecule has 1 unspecified atom stereocenters. The van der Waals surface area contributed by atoms with Gasteiger partial charge in [0.15, 0.2) is 23.0 Å². The average molecular weight is 705 g/mol. The third kappa shape index (κ3) is 7.38. The first-order chi connectivity index (χ1) is 24.8. The summed E-state index contributed by atoms with van der Waals surface area (Å²) in [5.41, 5.74) is 10.4. The first kappa shape index (κ1) is 35.5. The van der Waals surface area contributed by atoms with Gasteiger partial charge in [0.25, 0.3) is 0 Å². The van der Waals surface area contributed by atoms with E-state index in [1.54, 1.807) is 14.2 Å². The lowest BCUT2D eigenvalue weighted by Gasteiger charge is -2.25. The maximum absolute atomic E-state index is 6.32. The summed E-state index contributed by atoms with van der Waals surface area (Å²) in [5.74, 6) is 4.58. The van der Waals surface area contributed by atoms with E-state index in [1.807, 2.05) is 29.8 Å². The number of nitrogens with zero attached hydrogens (tertiary/aromatic N) is 6. The van der Waals surface area contributed by atoms with Crippen LogP contribution in [0.5, 0.6) is 23.0 Å². The molecule has 3 aliphatic heterocycles. The average Bonchev–Trinajstić information content (AvgIpc) is 3.91. The Morgan fingerprint density at radius 2 is 1.55 bits per heavy atom.